The van der Waals surface area contributed by atoms with Crippen molar-refractivity contribution in [1.29, 1.82) is 0 Å². The second-order valence-corrected chi connectivity index (χ2v) is 17.2. The standard InChI is InChI=1S/2C19H28O2/c2*1-18-9-7-13(20)11-12(18)3-4-14-15-5-6-17(21)19(15,2)10-8-16(14)18/h11,14-17,21H,3-10H2,1-2H3;3,13-16,20H,4-11H2,1-2H3/t14-,15-,16-,17-,18-,19-;13-,14-,15-,16-,18-,19-/m00/s1. The molecule has 0 spiro atoms. The number of hydrogen-bond donors (Lipinski definition) is 2. The number of aliphatic hydroxyl groups excluding tert-OH is 2. The summed E-state index contributed by atoms with van der Waals surface area (Å²) < 4.78 is 0. The maximum Gasteiger partial charge on any atom is 0.155 e. The van der Waals surface area contributed by atoms with Crippen LogP contribution in [0.15, 0.2) is 23.3 Å². The Morgan fingerprint density at radius 2 is 1.33 bits per heavy atom. The van der Waals surface area contributed by atoms with Gasteiger partial charge in [-0.15, -0.1) is 0 Å². The Balaban J connectivity index is 0.000000137. The molecule has 0 aromatic heterocycles. The molecule has 12 atom stereocenters. The molecule has 0 saturated heterocycles. The second-order valence-electron chi connectivity index (χ2n) is 17.2. The number of fused-ring (bicyclic) bond motifs is 10. The van der Waals surface area contributed by atoms with Gasteiger partial charge in [-0.3, -0.25) is 9.59 Å². The SMILES string of the molecule is C[C@]12CC[C@H](O)CC1=CC[C@@H]1[C@@H]2CC[C@]2(C)C(=O)CC[C@@H]12.C[C@]12CC[C@H]3[C@@H](CCC4=CC(=O)CC[C@@]43C)[C@@H]1CC[C@@H]2O. The minimum atomic E-state index is -0.122. The Bertz CT molecular complexity index is 1200. The van der Waals surface area contributed by atoms with Gasteiger partial charge in [-0.1, -0.05) is 44.9 Å². The van der Waals surface area contributed by atoms with Gasteiger partial charge in [0.25, 0.3) is 0 Å². The average Bonchev–Trinajstić information content (AvgIpc) is 3.44. The van der Waals surface area contributed by atoms with Gasteiger partial charge in [0.05, 0.1) is 12.2 Å². The number of aliphatic hydroxyl groups is 2. The smallest absolute Gasteiger partial charge is 0.155 e. The number of ketones is 2. The zero-order valence-corrected chi connectivity index (χ0v) is 26.8. The van der Waals surface area contributed by atoms with E-state index in [-0.39, 0.29) is 28.5 Å². The van der Waals surface area contributed by atoms with E-state index >= 15 is 0 Å². The molecule has 0 heterocycles. The molecule has 8 aliphatic rings. The van der Waals surface area contributed by atoms with E-state index in [9.17, 15) is 19.8 Å². The first-order valence-corrected chi connectivity index (χ1v) is 17.7. The van der Waals surface area contributed by atoms with E-state index in [4.69, 9.17) is 0 Å². The zero-order chi connectivity index (χ0) is 29.7. The number of carbonyl (C=O) groups excluding carboxylic acids is 2. The van der Waals surface area contributed by atoms with Crippen LogP contribution in [0.1, 0.15) is 130 Å². The number of allylic oxidation sites excluding steroid dienone is 2. The van der Waals surface area contributed by atoms with Crippen molar-refractivity contribution in [2.45, 2.75) is 143 Å². The average molecular weight is 577 g/mol. The normalized spacial score (nSPS) is 52.7. The summed E-state index contributed by atoms with van der Waals surface area (Å²) >= 11 is 0. The molecule has 4 nitrogen and oxygen atoms in total. The minimum Gasteiger partial charge on any atom is -0.393 e. The van der Waals surface area contributed by atoms with Gasteiger partial charge in [-0.2, -0.15) is 0 Å². The maximum atomic E-state index is 12.4. The molecular formula is C38H56O4. The van der Waals surface area contributed by atoms with Crippen molar-refractivity contribution in [3.05, 3.63) is 23.3 Å². The van der Waals surface area contributed by atoms with Crippen LogP contribution in [-0.2, 0) is 9.59 Å². The lowest BCUT2D eigenvalue weighted by molar-refractivity contribution is -0.132. The third kappa shape index (κ3) is 4.19. The zero-order valence-electron chi connectivity index (χ0n) is 26.8. The highest BCUT2D eigenvalue weighted by Gasteiger charge is 2.60. The molecule has 0 aromatic rings. The van der Waals surface area contributed by atoms with Gasteiger partial charge in [0.2, 0.25) is 0 Å². The third-order valence-corrected chi connectivity index (χ3v) is 15.7. The summed E-state index contributed by atoms with van der Waals surface area (Å²) in [6, 6.07) is 0. The number of carbonyl (C=O) groups is 2. The molecule has 42 heavy (non-hydrogen) atoms. The molecule has 0 amide bonds. The van der Waals surface area contributed by atoms with Crippen LogP contribution in [0.5, 0.6) is 0 Å². The molecule has 4 heteroatoms. The first-order chi connectivity index (χ1) is 19.9. The molecule has 0 aliphatic heterocycles. The first-order valence-electron chi connectivity index (χ1n) is 17.7. The molecule has 8 aliphatic carbocycles. The van der Waals surface area contributed by atoms with Crippen LogP contribution >= 0.6 is 0 Å². The highest BCUT2D eigenvalue weighted by molar-refractivity contribution is 5.91. The molecule has 0 radical (unpaired) electrons. The van der Waals surface area contributed by atoms with Crippen molar-refractivity contribution in [2.24, 2.45) is 57.2 Å². The summed E-state index contributed by atoms with van der Waals surface area (Å²) in [5, 5.41) is 20.4. The highest BCUT2D eigenvalue weighted by atomic mass is 16.3. The first kappa shape index (κ1) is 29.5. The summed E-state index contributed by atoms with van der Waals surface area (Å²) in [4.78, 5) is 24.1. The summed E-state index contributed by atoms with van der Waals surface area (Å²) in [5.74, 6) is 5.17. The molecular weight excluding hydrogens is 520 g/mol. The molecule has 2 N–H and O–H groups in total. The van der Waals surface area contributed by atoms with E-state index < -0.39 is 0 Å². The van der Waals surface area contributed by atoms with Crippen LogP contribution in [0.25, 0.3) is 0 Å². The van der Waals surface area contributed by atoms with Gasteiger partial charge in [-0.25, -0.2) is 0 Å². The quantitative estimate of drug-likeness (QED) is 0.289. The fourth-order valence-corrected chi connectivity index (χ4v) is 12.9. The molecule has 0 bridgehead atoms. The van der Waals surface area contributed by atoms with E-state index in [1.807, 2.05) is 6.08 Å². The van der Waals surface area contributed by atoms with E-state index in [0.29, 0.717) is 34.7 Å². The summed E-state index contributed by atoms with van der Waals surface area (Å²) in [6.07, 6.45) is 21.4. The van der Waals surface area contributed by atoms with Crippen LogP contribution in [-0.4, -0.2) is 34.0 Å². The Morgan fingerprint density at radius 3 is 2.14 bits per heavy atom. The molecule has 6 fully saturated rings. The minimum absolute atomic E-state index is 0.0168. The van der Waals surface area contributed by atoms with Gasteiger partial charge in [-0.05, 0) is 148 Å². The van der Waals surface area contributed by atoms with Crippen LogP contribution in [0, 0.1) is 57.2 Å². The maximum absolute atomic E-state index is 12.4. The molecule has 232 valence electrons. The monoisotopic (exact) mass is 576 g/mol. The lowest BCUT2D eigenvalue weighted by Crippen LogP contribution is -2.51. The Hall–Kier alpha value is -1.26. The van der Waals surface area contributed by atoms with Crippen LogP contribution in [0.2, 0.25) is 0 Å². The van der Waals surface area contributed by atoms with Crippen molar-refractivity contribution >= 4 is 11.6 Å². The van der Waals surface area contributed by atoms with E-state index in [1.165, 1.54) is 43.3 Å². The Kier molecular flexibility index (Phi) is 7.10. The fraction of sp³-hybridized carbons (Fsp3) is 0.842. The Morgan fingerprint density at radius 1 is 0.643 bits per heavy atom. The Labute approximate surface area is 254 Å². The van der Waals surface area contributed by atoms with Gasteiger partial charge >= 0.3 is 0 Å². The predicted octanol–water partition coefficient (Wildman–Crippen LogP) is 7.76. The summed E-state index contributed by atoms with van der Waals surface area (Å²) in [6.45, 7) is 9.45. The lowest BCUT2D eigenvalue weighted by Gasteiger charge is -2.57. The van der Waals surface area contributed by atoms with E-state index in [0.717, 1.165) is 88.4 Å². The van der Waals surface area contributed by atoms with Gasteiger partial charge in [0, 0.05) is 18.3 Å². The topological polar surface area (TPSA) is 74.6 Å². The largest absolute Gasteiger partial charge is 0.393 e. The van der Waals surface area contributed by atoms with Crippen molar-refractivity contribution in [3.63, 3.8) is 0 Å². The van der Waals surface area contributed by atoms with Crippen molar-refractivity contribution in [2.75, 3.05) is 0 Å². The summed E-state index contributed by atoms with van der Waals surface area (Å²) in [7, 11) is 0. The number of Topliss-reactive ketones (excluding diaryl/α,β-unsaturated/α-hetero) is 1. The van der Waals surface area contributed by atoms with Crippen molar-refractivity contribution < 1.29 is 19.8 Å². The second kappa shape index (κ2) is 10.1. The van der Waals surface area contributed by atoms with Crippen molar-refractivity contribution in [3.8, 4) is 0 Å². The fourth-order valence-electron chi connectivity index (χ4n) is 12.9. The van der Waals surface area contributed by atoms with Gasteiger partial charge < -0.3 is 10.2 Å². The molecule has 8 rings (SSSR count). The summed E-state index contributed by atoms with van der Waals surface area (Å²) in [5.41, 5.74) is 3.69. The van der Waals surface area contributed by atoms with Gasteiger partial charge in [0.1, 0.15) is 5.78 Å². The van der Waals surface area contributed by atoms with E-state index in [1.54, 1.807) is 0 Å². The predicted molar refractivity (Wildman–Crippen MR) is 165 cm³/mol. The molecule has 0 aromatic carbocycles. The molecule has 6 saturated carbocycles. The van der Waals surface area contributed by atoms with Crippen molar-refractivity contribution in [1.82, 2.24) is 0 Å². The highest BCUT2D eigenvalue weighted by Crippen LogP contribution is 2.66. The van der Waals surface area contributed by atoms with E-state index in [2.05, 4.69) is 33.8 Å². The number of rotatable bonds is 0. The van der Waals surface area contributed by atoms with Crippen LogP contribution in [0.4, 0.5) is 0 Å². The van der Waals surface area contributed by atoms with Gasteiger partial charge in [0.15, 0.2) is 5.78 Å². The number of hydrogen-bond acceptors (Lipinski definition) is 4. The van der Waals surface area contributed by atoms with Crippen LogP contribution in [0.3, 0.4) is 0 Å². The third-order valence-electron chi connectivity index (χ3n) is 15.7. The van der Waals surface area contributed by atoms with Crippen LogP contribution < -0.4 is 0 Å². The molecule has 0 unspecified atom stereocenters. The lowest BCUT2D eigenvalue weighted by atomic mass is 9.47.